The minimum absolute atomic E-state index is 0.180. The summed E-state index contributed by atoms with van der Waals surface area (Å²) in [6.45, 7) is 4.03. The maximum Gasteiger partial charge on any atom is 0.255 e. The van der Waals surface area contributed by atoms with Crippen molar-refractivity contribution in [3.8, 4) is 0 Å². The number of thiophene rings is 1. The van der Waals surface area contributed by atoms with E-state index >= 15 is 0 Å². The van der Waals surface area contributed by atoms with Crippen molar-refractivity contribution >= 4 is 40.6 Å². The number of rotatable bonds is 6. The van der Waals surface area contributed by atoms with Crippen molar-refractivity contribution in [1.29, 1.82) is 0 Å². The molecule has 28 heavy (non-hydrogen) atoms. The Bertz CT molecular complexity index is 997. The number of hydrogen-bond donors (Lipinski definition) is 2. The largest absolute Gasteiger partial charge is 0.328 e. The maximum absolute atomic E-state index is 13.2. The Balaban J connectivity index is 1.72. The van der Waals surface area contributed by atoms with Gasteiger partial charge in [-0.05, 0) is 36.9 Å². The maximum atomic E-state index is 13.2. The molecular weight excluding hydrogens is 392 g/mol. The monoisotopic (exact) mass is 412 g/mol. The molecule has 1 atom stereocenters. The highest BCUT2D eigenvalue weighted by Crippen LogP contribution is 2.38. The van der Waals surface area contributed by atoms with Gasteiger partial charge in [0.05, 0.1) is 17.5 Å². The van der Waals surface area contributed by atoms with Crippen molar-refractivity contribution < 1.29 is 4.79 Å². The molecule has 9 heteroatoms. The predicted octanol–water partition coefficient (Wildman–Crippen LogP) is 4.16. The van der Waals surface area contributed by atoms with E-state index in [9.17, 15) is 4.79 Å². The predicted molar refractivity (Wildman–Crippen MR) is 113 cm³/mol. The SMILES string of the molecule is CCCSc1nc2n(n1)C(c1cccs1)C(C(=O)Nc1cccnc1)=C(C)N2. The van der Waals surface area contributed by atoms with Gasteiger partial charge in [0.25, 0.3) is 5.91 Å². The molecule has 3 aromatic heterocycles. The van der Waals surface area contributed by atoms with Crippen LogP contribution in [0, 0.1) is 0 Å². The summed E-state index contributed by atoms with van der Waals surface area (Å²) in [7, 11) is 0. The van der Waals surface area contributed by atoms with Crippen LogP contribution in [-0.4, -0.2) is 31.4 Å². The van der Waals surface area contributed by atoms with Gasteiger partial charge in [-0.15, -0.1) is 16.4 Å². The number of hydrogen-bond acceptors (Lipinski definition) is 7. The van der Waals surface area contributed by atoms with Crippen molar-refractivity contribution in [2.45, 2.75) is 31.5 Å². The molecule has 0 fully saturated rings. The summed E-state index contributed by atoms with van der Waals surface area (Å²) >= 11 is 3.22. The standard InChI is InChI=1S/C19H20N6OS2/c1-3-9-28-19-23-18-21-12(2)15(17(26)22-13-6-4-8-20-11-13)16(25(18)24-19)14-7-5-10-27-14/h4-8,10-11,16H,3,9H2,1-2H3,(H,22,26)(H,21,23,24). The summed E-state index contributed by atoms with van der Waals surface area (Å²) in [5, 5.41) is 13.6. The first kappa shape index (κ1) is 18.7. The van der Waals surface area contributed by atoms with E-state index in [2.05, 4.69) is 32.6 Å². The lowest BCUT2D eigenvalue weighted by Gasteiger charge is -2.27. The zero-order valence-electron chi connectivity index (χ0n) is 15.5. The molecule has 3 aromatic rings. The average Bonchev–Trinajstić information content (AvgIpc) is 3.35. The number of thioether (sulfide) groups is 1. The van der Waals surface area contributed by atoms with E-state index in [0.29, 0.717) is 22.4 Å². The molecule has 0 aliphatic carbocycles. The highest BCUT2D eigenvalue weighted by Gasteiger charge is 2.35. The number of carbonyl (C=O) groups excluding carboxylic acids is 1. The van der Waals surface area contributed by atoms with E-state index in [1.165, 1.54) is 0 Å². The third-order valence-electron chi connectivity index (χ3n) is 4.25. The number of carbonyl (C=O) groups is 1. The molecule has 0 saturated carbocycles. The second-order valence-corrected chi connectivity index (χ2v) is 8.33. The molecule has 1 aliphatic rings. The second-order valence-electron chi connectivity index (χ2n) is 6.29. The van der Waals surface area contributed by atoms with Gasteiger partial charge in [-0.1, -0.05) is 24.8 Å². The van der Waals surface area contributed by atoms with E-state index in [4.69, 9.17) is 0 Å². The Hall–Kier alpha value is -2.65. The summed E-state index contributed by atoms with van der Waals surface area (Å²) in [4.78, 5) is 22.9. The van der Waals surface area contributed by atoms with Crippen LogP contribution in [0.1, 0.15) is 31.2 Å². The lowest BCUT2D eigenvalue weighted by molar-refractivity contribution is -0.113. The van der Waals surface area contributed by atoms with Crippen LogP contribution >= 0.6 is 23.1 Å². The van der Waals surface area contributed by atoms with E-state index < -0.39 is 0 Å². The lowest BCUT2D eigenvalue weighted by atomic mass is 10.0. The normalized spacial score (nSPS) is 15.9. The number of allylic oxidation sites excluding steroid dienone is 1. The Kier molecular flexibility index (Phi) is 5.45. The van der Waals surface area contributed by atoms with Gasteiger partial charge in [0.1, 0.15) is 6.04 Å². The van der Waals surface area contributed by atoms with Gasteiger partial charge in [0.2, 0.25) is 11.1 Å². The molecule has 144 valence electrons. The molecule has 4 heterocycles. The molecule has 0 radical (unpaired) electrons. The Morgan fingerprint density at radius 2 is 2.29 bits per heavy atom. The fraction of sp³-hybridized carbons (Fsp3) is 0.263. The number of nitrogens with one attached hydrogen (secondary N) is 2. The zero-order chi connectivity index (χ0) is 19.5. The van der Waals surface area contributed by atoms with Gasteiger partial charge >= 0.3 is 0 Å². The lowest BCUT2D eigenvalue weighted by Crippen LogP contribution is -2.31. The average molecular weight is 413 g/mol. The van der Waals surface area contributed by atoms with Gasteiger partial charge in [0, 0.05) is 22.5 Å². The molecule has 4 rings (SSSR count). The Labute approximate surface area is 171 Å². The van der Waals surface area contributed by atoms with Crippen LogP contribution < -0.4 is 10.6 Å². The summed E-state index contributed by atoms with van der Waals surface area (Å²) in [6.07, 6.45) is 4.35. The third kappa shape index (κ3) is 3.67. The van der Waals surface area contributed by atoms with Crippen molar-refractivity contribution in [3.05, 3.63) is 58.2 Å². The Morgan fingerprint density at radius 3 is 3.00 bits per heavy atom. The molecule has 7 nitrogen and oxygen atoms in total. The van der Waals surface area contributed by atoms with Gasteiger partial charge in [0.15, 0.2) is 0 Å². The molecule has 2 N–H and O–H groups in total. The quantitative estimate of drug-likeness (QED) is 0.591. The molecule has 0 saturated heterocycles. The number of pyridine rings is 1. The third-order valence-corrected chi connectivity index (χ3v) is 6.21. The molecular formula is C19H20N6OS2. The van der Waals surface area contributed by atoms with Crippen LogP contribution in [0.15, 0.2) is 58.5 Å². The molecule has 1 aliphatic heterocycles. The van der Waals surface area contributed by atoms with Gasteiger partial charge in [-0.2, -0.15) is 4.98 Å². The summed E-state index contributed by atoms with van der Waals surface area (Å²) in [5.41, 5.74) is 2.05. The topological polar surface area (TPSA) is 84.7 Å². The van der Waals surface area contributed by atoms with E-state index in [1.807, 2.05) is 35.2 Å². The zero-order valence-corrected chi connectivity index (χ0v) is 17.2. The number of anilines is 2. The minimum Gasteiger partial charge on any atom is -0.328 e. The number of amides is 1. The van der Waals surface area contributed by atoms with Crippen LogP contribution in [-0.2, 0) is 4.79 Å². The highest BCUT2D eigenvalue weighted by atomic mass is 32.2. The van der Waals surface area contributed by atoms with Crippen LogP contribution in [0.3, 0.4) is 0 Å². The van der Waals surface area contributed by atoms with Crippen LogP contribution in [0.4, 0.5) is 11.6 Å². The van der Waals surface area contributed by atoms with Crippen LogP contribution in [0.5, 0.6) is 0 Å². The second kappa shape index (κ2) is 8.15. The molecule has 0 spiro atoms. The van der Waals surface area contributed by atoms with Gasteiger partial charge in [-0.25, -0.2) is 4.68 Å². The smallest absolute Gasteiger partial charge is 0.255 e. The Morgan fingerprint density at radius 1 is 1.39 bits per heavy atom. The summed E-state index contributed by atoms with van der Waals surface area (Å²) in [6, 6.07) is 7.29. The first-order chi connectivity index (χ1) is 13.7. The molecule has 1 amide bonds. The first-order valence-corrected chi connectivity index (χ1v) is 10.9. The van der Waals surface area contributed by atoms with Crippen molar-refractivity contribution in [1.82, 2.24) is 19.7 Å². The highest BCUT2D eigenvalue weighted by molar-refractivity contribution is 7.99. The van der Waals surface area contributed by atoms with E-state index in [1.54, 1.807) is 41.6 Å². The fourth-order valence-electron chi connectivity index (χ4n) is 3.03. The van der Waals surface area contributed by atoms with E-state index in [-0.39, 0.29) is 11.9 Å². The summed E-state index contributed by atoms with van der Waals surface area (Å²) < 4.78 is 1.81. The van der Waals surface area contributed by atoms with Crippen molar-refractivity contribution in [2.24, 2.45) is 0 Å². The number of nitrogens with zero attached hydrogens (tertiary/aromatic N) is 4. The molecule has 1 unspecified atom stereocenters. The van der Waals surface area contributed by atoms with Crippen LogP contribution in [0.2, 0.25) is 0 Å². The van der Waals surface area contributed by atoms with Gasteiger partial charge in [-0.3, -0.25) is 9.78 Å². The number of aromatic nitrogens is 4. The van der Waals surface area contributed by atoms with E-state index in [0.717, 1.165) is 22.7 Å². The van der Waals surface area contributed by atoms with Crippen LogP contribution in [0.25, 0.3) is 0 Å². The van der Waals surface area contributed by atoms with Crippen molar-refractivity contribution in [2.75, 3.05) is 16.4 Å². The number of fused-ring (bicyclic) bond motifs is 1. The first-order valence-electron chi connectivity index (χ1n) is 8.99. The van der Waals surface area contributed by atoms with Crippen molar-refractivity contribution in [3.63, 3.8) is 0 Å². The summed E-state index contributed by atoms with van der Waals surface area (Å²) in [5.74, 6) is 1.43. The fourth-order valence-corrected chi connectivity index (χ4v) is 4.53. The molecule has 0 bridgehead atoms. The van der Waals surface area contributed by atoms with Gasteiger partial charge < -0.3 is 10.6 Å². The molecule has 0 aromatic carbocycles. The minimum atomic E-state index is -0.323.